The third kappa shape index (κ3) is 6.99. The van der Waals surface area contributed by atoms with E-state index in [9.17, 15) is 14.7 Å². The minimum Gasteiger partial charge on any atom is -0.390 e. The normalized spacial score (nSPS) is 14.2. The van der Waals surface area contributed by atoms with Gasteiger partial charge in [0, 0.05) is 19.4 Å². The lowest BCUT2D eigenvalue weighted by Gasteiger charge is -2.19. The van der Waals surface area contributed by atoms with Crippen LogP contribution in [0, 0.1) is 0 Å². The molecule has 4 nitrogen and oxygen atoms in total. The number of hydrogen-bond acceptors (Lipinski definition) is 4. The fraction of sp³-hybridized carbons (Fsp3) is 0.636. The van der Waals surface area contributed by atoms with E-state index in [0.29, 0.717) is 32.3 Å². The van der Waals surface area contributed by atoms with Crippen molar-refractivity contribution in [3.05, 3.63) is 12.7 Å². The molecule has 0 bridgehead atoms. The summed E-state index contributed by atoms with van der Waals surface area (Å²) in [4.78, 5) is 20.1. The molecule has 4 heteroatoms. The van der Waals surface area contributed by atoms with Gasteiger partial charge in [0.2, 0.25) is 0 Å². The predicted octanol–water partition coefficient (Wildman–Crippen LogP) is 0.877. The van der Waals surface area contributed by atoms with E-state index in [2.05, 4.69) is 6.58 Å². The van der Waals surface area contributed by atoms with Crippen molar-refractivity contribution >= 4 is 12.6 Å². The largest absolute Gasteiger partial charge is 0.390 e. The molecule has 0 aliphatic heterocycles. The molecule has 0 saturated heterocycles. The van der Waals surface area contributed by atoms with Gasteiger partial charge in [0.05, 0.1) is 6.10 Å². The van der Waals surface area contributed by atoms with Gasteiger partial charge in [0.25, 0.3) is 0 Å². The number of unbranched alkanes of at least 4 members (excludes halogenated alkanes) is 1. The van der Waals surface area contributed by atoms with Gasteiger partial charge in [-0.3, -0.25) is 0 Å². The average molecular weight is 214 g/mol. The molecule has 2 unspecified atom stereocenters. The van der Waals surface area contributed by atoms with Crippen LogP contribution < -0.4 is 0 Å². The van der Waals surface area contributed by atoms with Crippen molar-refractivity contribution in [2.45, 2.75) is 37.9 Å². The number of hydrogen-bond donors (Lipinski definition) is 1. The molecule has 0 aromatic rings. The van der Waals surface area contributed by atoms with Crippen molar-refractivity contribution in [1.29, 1.82) is 0 Å². The second kappa shape index (κ2) is 9.55. The van der Waals surface area contributed by atoms with Gasteiger partial charge in [0.15, 0.2) is 0 Å². The second-order valence-electron chi connectivity index (χ2n) is 3.19. The molecule has 0 fully saturated rings. The molecule has 0 spiro atoms. The summed E-state index contributed by atoms with van der Waals surface area (Å²) in [7, 11) is 0. The van der Waals surface area contributed by atoms with E-state index in [1.165, 1.54) is 6.08 Å². The highest BCUT2D eigenvalue weighted by atomic mass is 16.5. The van der Waals surface area contributed by atoms with Gasteiger partial charge in [0.1, 0.15) is 18.7 Å². The van der Waals surface area contributed by atoms with Crippen LogP contribution in [0.15, 0.2) is 12.7 Å². The van der Waals surface area contributed by atoms with Crippen LogP contribution in [-0.4, -0.2) is 36.5 Å². The summed E-state index contributed by atoms with van der Waals surface area (Å²) in [6.07, 6.45) is 3.70. The van der Waals surface area contributed by atoms with Gasteiger partial charge in [-0.05, 0) is 12.8 Å². The Labute approximate surface area is 89.9 Å². The van der Waals surface area contributed by atoms with Gasteiger partial charge in [-0.25, -0.2) is 0 Å². The molecule has 2 atom stereocenters. The quantitative estimate of drug-likeness (QED) is 0.333. The zero-order chi connectivity index (χ0) is 11.5. The van der Waals surface area contributed by atoms with E-state index < -0.39 is 12.2 Å². The van der Waals surface area contributed by atoms with Gasteiger partial charge in [-0.1, -0.05) is 6.08 Å². The maximum absolute atomic E-state index is 10.1. The Morgan fingerprint density at radius 1 is 1.27 bits per heavy atom. The van der Waals surface area contributed by atoms with Crippen molar-refractivity contribution in [2.75, 3.05) is 6.61 Å². The van der Waals surface area contributed by atoms with Crippen LogP contribution in [0.4, 0.5) is 0 Å². The zero-order valence-corrected chi connectivity index (χ0v) is 8.80. The first kappa shape index (κ1) is 14.0. The molecule has 0 heterocycles. The summed E-state index contributed by atoms with van der Waals surface area (Å²) in [5.41, 5.74) is 0. The SMILES string of the molecule is C=CC(OCCCC=O)C(O)CCC=O. The highest BCUT2D eigenvalue weighted by molar-refractivity contribution is 5.49. The molecule has 15 heavy (non-hydrogen) atoms. The predicted molar refractivity (Wildman–Crippen MR) is 56.5 cm³/mol. The van der Waals surface area contributed by atoms with Crippen LogP contribution in [0.2, 0.25) is 0 Å². The van der Waals surface area contributed by atoms with Crippen LogP contribution in [-0.2, 0) is 14.3 Å². The van der Waals surface area contributed by atoms with E-state index in [4.69, 9.17) is 4.74 Å². The van der Waals surface area contributed by atoms with Crippen molar-refractivity contribution in [1.82, 2.24) is 0 Å². The number of aldehydes is 2. The summed E-state index contributed by atoms with van der Waals surface area (Å²) in [6.45, 7) is 3.96. The van der Waals surface area contributed by atoms with Crippen LogP contribution in [0.25, 0.3) is 0 Å². The Hall–Kier alpha value is -1.00. The number of aliphatic hydroxyl groups is 1. The van der Waals surface area contributed by atoms with Crippen LogP contribution in [0.3, 0.4) is 0 Å². The Bertz CT molecular complexity index is 191. The Morgan fingerprint density at radius 2 is 1.93 bits per heavy atom. The van der Waals surface area contributed by atoms with E-state index in [1.54, 1.807) is 0 Å². The molecule has 1 N–H and O–H groups in total. The van der Waals surface area contributed by atoms with Crippen LogP contribution >= 0.6 is 0 Å². The molecule has 0 rings (SSSR count). The first-order chi connectivity index (χ1) is 7.26. The van der Waals surface area contributed by atoms with E-state index in [1.807, 2.05) is 0 Å². The molecular weight excluding hydrogens is 196 g/mol. The standard InChI is InChI=1S/C11H18O4/c1-2-11(10(14)6-5-8-13)15-9-4-3-7-12/h2,7-8,10-11,14H,1,3-6,9H2. The number of aliphatic hydroxyl groups excluding tert-OH is 1. The third-order valence-corrected chi connectivity index (χ3v) is 1.97. The molecule has 0 aromatic carbocycles. The Kier molecular flexibility index (Phi) is 8.91. The summed E-state index contributed by atoms with van der Waals surface area (Å²) < 4.78 is 5.31. The zero-order valence-electron chi connectivity index (χ0n) is 8.80. The fourth-order valence-electron chi connectivity index (χ4n) is 1.13. The van der Waals surface area contributed by atoms with Gasteiger partial charge >= 0.3 is 0 Å². The van der Waals surface area contributed by atoms with Crippen molar-refractivity contribution in [2.24, 2.45) is 0 Å². The summed E-state index contributed by atoms with van der Waals surface area (Å²) in [6, 6.07) is 0. The first-order valence-corrected chi connectivity index (χ1v) is 5.05. The van der Waals surface area contributed by atoms with Gasteiger partial charge < -0.3 is 19.4 Å². The molecule has 0 saturated carbocycles. The first-order valence-electron chi connectivity index (χ1n) is 5.05. The number of carbonyl (C=O) groups excluding carboxylic acids is 2. The number of rotatable bonds is 10. The molecule has 0 aliphatic carbocycles. The fourth-order valence-corrected chi connectivity index (χ4v) is 1.13. The van der Waals surface area contributed by atoms with Crippen molar-refractivity contribution in [3.63, 3.8) is 0 Å². The maximum atomic E-state index is 10.1. The molecule has 86 valence electrons. The lowest BCUT2D eigenvalue weighted by molar-refractivity contribution is -0.109. The molecule has 0 radical (unpaired) electrons. The van der Waals surface area contributed by atoms with Crippen LogP contribution in [0.5, 0.6) is 0 Å². The van der Waals surface area contributed by atoms with Gasteiger partial charge in [-0.2, -0.15) is 0 Å². The van der Waals surface area contributed by atoms with Gasteiger partial charge in [-0.15, -0.1) is 6.58 Å². The highest BCUT2D eigenvalue weighted by Gasteiger charge is 2.15. The number of carbonyl (C=O) groups is 2. The molecule has 0 amide bonds. The van der Waals surface area contributed by atoms with E-state index in [0.717, 1.165) is 12.6 Å². The van der Waals surface area contributed by atoms with Crippen LogP contribution in [0.1, 0.15) is 25.7 Å². The molecular formula is C11H18O4. The number of ether oxygens (including phenoxy) is 1. The topological polar surface area (TPSA) is 63.6 Å². The minimum atomic E-state index is -0.705. The summed E-state index contributed by atoms with van der Waals surface area (Å²) in [5, 5.41) is 9.57. The average Bonchev–Trinajstić information content (AvgIpc) is 2.26. The van der Waals surface area contributed by atoms with E-state index in [-0.39, 0.29) is 0 Å². The third-order valence-electron chi connectivity index (χ3n) is 1.97. The summed E-state index contributed by atoms with van der Waals surface area (Å²) in [5.74, 6) is 0. The molecule has 0 aliphatic rings. The maximum Gasteiger partial charge on any atom is 0.120 e. The lowest BCUT2D eigenvalue weighted by atomic mass is 10.1. The second-order valence-corrected chi connectivity index (χ2v) is 3.19. The lowest BCUT2D eigenvalue weighted by Crippen LogP contribution is -2.27. The molecule has 0 aromatic heterocycles. The van der Waals surface area contributed by atoms with Crippen molar-refractivity contribution in [3.8, 4) is 0 Å². The van der Waals surface area contributed by atoms with E-state index >= 15 is 0 Å². The smallest absolute Gasteiger partial charge is 0.120 e. The minimum absolute atomic E-state index is 0.309. The Morgan fingerprint density at radius 3 is 2.47 bits per heavy atom. The Balaban J connectivity index is 3.73. The highest BCUT2D eigenvalue weighted by Crippen LogP contribution is 2.07. The van der Waals surface area contributed by atoms with Crippen molar-refractivity contribution < 1.29 is 19.4 Å². The monoisotopic (exact) mass is 214 g/mol. The summed E-state index contributed by atoms with van der Waals surface area (Å²) >= 11 is 0.